The van der Waals surface area contributed by atoms with Crippen molar-refractivity contribution in [2.75, 3.05) is 5.73 Å². The highest BCUT2D eigenvalue weighted by Gasteiger charge is 2.23. The molecule has 0 saturated carbocycles. The molecule has 3 heterocycles. The highest BCUT2D eigenvalue weighted by Crippen LogP contribution is 2.34. The van der Waals surface area contributed by atoms with Gasteiger partial charge in [-0.25, -0.2) is 9.97 Å². The van der Waals surface area contributed by atoms with Crippen molar-refractivity contribution >= 4 is 28.0 Å². The number of aromatic nitrogens is 6. The van der Waals surface area contributed by atoms with E-state index in [2.05, 4.69) is 80.8 Å². The molecule has 0 aliphatic carbocycles. The average Bonchev–Trinajstić information content (AvgIpc) is 3.49. The molecule has 7 heteroatoms. The van der Waals surface area contributed by atoms with Gasteiger partial charge in [0, 0.05) is 17.9 Å². The van der Waals surface area contributed by atoms with Crippen molar-refractivity contribution in [2.24, 2.45) is 0 Å². The molecule has 6 aromatic rings. The molecule has 0 unspecified atom stereocenters. The summed E-state index contributed by atoms with van der Waals surface area (Å²) in [6.07, 6.45) is 0.650. The van der Waals surface area contributed by atoms with E-state index in [9.17, 15) is 0 Å². The predicted octanol–water partition coefficient (Wildman–Crippen LogP) is 5.16. The smallest absolute Gasteiger partial charge is 0.203 e. The normalized spacial score (nSPS) is 12.4. The third-order valence-corrected chi connectivity index (χ3v) is 6.18. The Morgan fingerprint density at radius 3 is 2.41 bits per heavy atom. The molecule has 34 heavy (non-hydrogen) atoms. The van der Waals surface area contributed by atoms with Gasteiger partial charge in [0.05, 0.1) is 11.0 Å². The first-order valence-corrected chi connectivity index (χ1v) is 11.2. The minimum absolute atomic E-state index is 0.0269. The zero-order valence-corrected chi connectivity index (χ0v) is 18.7. The van der Waals surface area contributed by atoms with Crippen LogP contribution in [0.2, 0.25) is 0 Å². The fraction of sp³-hybridized carbons (Fsp3) is 0.111. The van der Waals surface area contributed by atoms with Gasteiger partial charge in [-0.1, -0.05) is 60.7 Å². The monoisotopic (exact) mass is 445 g/mol. The molecule has 3 aromatic carbocycles. The second kappa shape index (κ2) is 8.12. The summed E-state index contributed by atoms with van der Waals surface area (Å²) in [4.78, 5) is 13.0. The van der Waals surface area contributed by atoms with Crippen LogP contribution in [-0.2, 0) is 6.42 Å². The summed E-state index contributed by atoms with van der Waals surface area (Å²) in [5.41, 5.74) is 15.0. The van der Waals surface area contributed by atoms with Crippen molar-refractivity contribution < 1.29 is 0 Å². The van der Waals surface area contributed by atoms with Gasteiger partial charge in [0.2, 0.25) is 5.65 Å². The number of nitrogens with two attached hydrogens (primary N) is 1. The van der Waals surface area contributed by atoms with Gasteiger partial charge in [-0.2, -0.15) is 10.3 Å². The molecule has 7 nitrogen and oxygen atoms in total. The number of aryl methyl sites for hydroxylation is 1. The molecule has 0 radical (unpaired) electrons. The summed E-state index contributed by atoms with van der Waals surface area (Å²) >= 11 is 0. The molecule has 3 aromatic heterocycles. The van der Waals surface area contributed by atoms with Crippen LogP contribution >= 0.6 is 0 Å². The van der Waals surface area contributed by atoms with Gasteiger partial charge in [-0.15, -0.1) is 5.10 Å². The summed E-state index contributed by atoms with van der Waals surface area (Å²) in [7, 11) is 0. The van der Waals surface area contributed by atoms with Crippen LogP contribution < -0.4 is 5.73 Å². The number of pyridine rings is 1. The number of H-pyrrole nitrogens is 2. The molecule has 0 aliphatic heterocycles. The summed E-state index contributed by atoms with van der Waals surface area (Å²) in [5.74, 6) is 1.29. The Balaban J connectivity index is 1.49. The van der Waals surface area contributed by atoms with Gasteiger partial charge in [0.15, 0.2) is 0 Å². The molecule has 0 saturated heterocycles. The third kappa shape index (κ3) is 3.57. The van der Waals surface area contributed by atoms with Gasteiger partial charge in [-0.05, 0) is 47.4 Å². The van der Waals surface area contributed by atoms with Crippen molar-refractivity contribution in [1.29, 1.82) is 0 Å². The Bertz CT molecular complexity index is 1600. The van der Waals surface area contributed by atoms with E-state index in [4.69, 9.17) is 10.7 Å². The minimum Gasteiger partial charge on any atom is -0.384 e. The van der Waals surface area contributed by atoms with E-state index in [1.807, 2.05) is 30.3 Å². The Morgan fingerprint density at radius 2 is 1.62 bits per heavy atom. The maximum Gasteiger partial charge on any atom is 0.203 e. The summed E-state index contributed by atoms with van der Waals surface area (Å²) in [5, 5.41) is 11.2. The fourth-order valence-electron chi connectivity index (χ4n) is 4.68. The highest BCUT2D eigenvalue weighted by molar-refractivity contribution is 5.92. The van der Waals surface area contributed by atoms with E-state index >= 15 is 0 Å². The second-order valence-corrected chi connectivity index (χ2v) is 8.56. The molecule has 6 rings (SSSR count). The quantitative estimate of drug-likeness (QED) is 0.339. The SMILES string of the molecule is Cc1cc(-c2ccccc2)c2nc(C[C@H](c3ccccc3)c3cc(N)nc4n[nH]nc34)[nH]c2c1. The van der Waals surface area contributed by atoms with Crippen LogP contribution in [0.3, 0.4) is 0 Å². The molecule has 0 bridgehead atoms. The Kier molecular flexibility index (Phi) is 4.80. The number of hydrogen-bond acceptors (Lipinski definition) is 5. The van der Waals surface area contributed by atoms with Gasteiger partial charge in [0.25, 0.3) is 0 Å². The van der Waals surface area contributed by atoms with Crippen molar-refractivity contribution in [2.45, 2.75) is 19.3 Å². The maximum atomic E-state index is 6.14. The van der Waals surface area contributed by atoms with E-state index in [1.165, 1.54) is 5.56 Å². The molecule has 0 spiro atoms. The topological polar surface area (TPSA) is 109 Å². The van der Waals surface area contributed by atoms with Crippen LogP contribution in [0.4, 0.5) is 5.82 Å². The lowest BCUT2D eigenvalue weighted by atomic mass is 9.88. The molecule has 0 amide bonds. The number of imidazole rings is 1. The summed E-state index contributed by atoms with van der Waals surface area (Å²) < 4.78 is 0. The van der Waals surface area contributed by atoms with Crippen molar-refractivity contribution in [3.05, 3.63) is 101 Å². The summed E-state index contributed by atoms with van der Waals surface area (Å²) in [6, 6.07) is 27.0. The molecule has 4 N–H and O–H groups in total. The first-order valence-electron chi connectivity index (χ1n) is 11.2. The lowest BCUT2D eigenvalue weighted by Crippen LogP contribution is -2.08. The lowest BCUT2D eigenvalue weighted by molar-refractivity contribution is 0.771. The minimum atomic E-state index is -0.0269. The largest absolute Gasteiger partial charge is 0.384 e. The highest BCUT2D eigenvalue weighted by atomic mass is 15.3. The van der Waals surface area contributed by atoms with Gasteiger partial charge in [-0.3, -0.25) is 0 Å². The van der Waals surface area contributed by atoms with E-state index in [0.717, 1.165) is 44.6 Å². The Labute approximate surface area is 196 Å². The molecule has 1 atom stereocenters. The fourth-order valence-corrected chi connectivity index (χ4v) is 4.68. The van der Waals surface area contributed by atoms with Gasteiger partial charge in [0.1, 0.15) is 17.2 Å². The summed E-state index contributed by atoms with van der Waals surface area (Å²) in [6.45, 7) is 2.11. The molecule has 166 valence electrons. The van der Waals surface area contributed by atoms with Crippen LogP contribution in [0.25, 0.3) is 33.3 Å². The molecular formula is C27H23N7. The van der Waals surface area contributed by atoms with E-state index in [-0.39, 0.29) is 5.92 Å². The zero-order chi connectivity index (χ0) is 23.1. The van der Waals surface area contributed by atoms with Crippen molar-refractivity contribution in [1.82, 2.24) is 30.4 Å². The first-order chi connectivity index (χ1) is 16.7. The van der Waals surface area contributed by atoms with Crippen LogP contribution in [-0.4, -0.2) is 30.4 Å². The number of rotatable bonds is 5. The number of fused-ring (bicyclic) bond motifs is 2. The second-order valence-electron chi connectivity index (χ2n) is 8.56. The predicted molar refractivity (Wildman–Crippen MR) is 134 cm³/mol. The number of nitrogen functional groups attached to an aromatic ring is 1. The standard InChI is InChI=1S/C27H23N7/c1-16-12-20(18-10-6-3-7-11-18)25-22(13-16)29-24(31-25)15-19(17-8-4-2-5-9-17)21-14-23(28)30-27-26(21)32-34-33-27/h2-14,19H,15H2,1H3,(H,29,31)(H3,28,30,32,33,34)/t19-/m1/s1. The van der Waals surface area contributed by atoms with Crippen molar-refractivity contribution in [3.63, 3.8) is 0 Å². The lowest BCUT2D eigenvalue weighted by Gasteiger charge is -2.17. The first kappa shape index (κ1) is 20.1. The maximum absolute atomic E-state index is 6.14. The van der Waals surface area contributed by atoms with Crippen LogP contribution in [0.5, 0.6) is 0 Å². The zero-order valence-electron chi connectivity index (χ0n) is 18.7. The number of anilines is 1. The number of hydrogen-bond donors (Lipinski definition) is 3. The number of aromatic amines is 2. The molecular weight excluding hydrogens is 422 g/mol. The van der Waals surface area contributed by atoms with Crippen LogP contribution in [0.15, 0.2) is 78.9 Å². The van der Waals surface area contributed by atoms with E-state index < -0.39 is 0 Å². The van der Waals surface area contributed by atoms with Crippen LogP contribution in [0.1, 0.15) is 28.4 Å². The van der Waals surface area contributed by atoms with E-state index in [0.29, 0.717) is 17.9 Å². The van der Waals surface area contributed by atoms with E-state index in [1.54, 1.807) is 0 Å². The molecule has 0 fully saturated rings. The Hall–Kier alpha value is -4.52. The van der Waals surface area contributed by atoms with Gasteiger partial charge >= 0.3 is 0 Å². The third-order valence-electron chi connectivity index (χ3n) is 6.18. The van der Waals surface area contributed by atoms with Crippen LogP contribution in [0, 0.1) is 6.92 Å². The average molecular weight is 446 g/mol. The number of nitrogens with one attached hydrogen (secondary N) is 2. The van der Waals surface area contributed by atoms with Gasteiger partial charge < -0.3 is 10.7 Å². The Morgan fingerprint density at radius 1 is 0.853 bits per heavy atom. The van der Waals surface area contributed by atoms with Crippen molar-refractivity contribution in [3.8, 4) is 11.1 Å². The molecule has 0 aliphatic rings. The number of nitrogens with zero attached hydrogens (tertiary/aromatic N) is 4. The number of benzene rings is 3.